The molecular formula is C12H21N3O2. The molecular weight excluding hydrogens is 218 g/mol. The van der Waals surface area contributed by atoms with Crippen molar-refractivity contribution in [2.45, 2.75) is 12.8 Å². The average Bonchev–Trinajstić information content (AvgIpc) is 2.38. The van der Waals surface area contributed by atoms with Crippen LogP contribution in [0.15, 0.2) is 30.3 Å². The Morgan fingerprint density at radius 3 is 1.88 bits per heavy atom. The molecule has 0 amide bonds. The maximum atomic E-state index is 5.51. The first-order valence-corrected chi connectivity index (χ1v) is 5.89. The van der Waals surface area contributed by atoms with Crippen molar-refractivity contribution in [2.24, 2.45) is 11.5 Å². The highest BCUT2D eigenvalue weighted by Gasteiger charge is 2.06. The average molecular weight is 239 g/mol. The Kier molecular flexibility index (Phi) is 7.33. The molecule has 1 rings (SSSR count). The summed E-state index contributed by atoms with van der Waals surface area (Å²) in [6.07, 6.45) is 1.59. The second kappa shape index (κ2) is 8.95. The predicted molar refractivity (Wildman–Crippen MR) is 68.2 cm³/mol. The molecule has 17 heavy (non-hydrogen) atoms. The monoisotopic (exact) mass is 239 g/mol. The molecule has 0 heterocycles. The van der Waals surface area contributed by atoms with Crippen molar-refractivity contribution in [1.82, 2.24) is 0 Å². The van der Waals surface area contributed by atoms with Crippen LogP contribution in [-0.2, 0) is 9.68 Å². The normalized spacial score (nSPS) is 10.5. The van der Waals surface area contributed by atoms with Crippen LogP contribution in [0.1, 0.15) is 12.8 Å². The van der Waals surface area contributed by atoms with E-state index in [0.717, 1.165) is 18.5 Å². The molecule has 0 aliphatic carbocycles. The van der Waals surface area contributed by atoms with Crippen LogP contribution in [0.4, 0.5) is 5.69 Å². The Morgan fingerprint density at radius 2 is 1.41 bits per heavy atom. The van der Waals surface area contributed by atoms with E-state index in [1.54, 1.807) is 0 Å². The summed E-state index contributed by atoms with van der Waals surface area (Å²) in [6.45, 7) is 2.28. The van der Waals surface area contributed by atoms with Gasteiger partial charge in [-0.05, 0) is 38.1 Å². The molecule has 0 fully saturated rings. The van der Waals surface area contributed by atoms with Crippen molar-refractivity contribution < 1.29 is 9.68 Å². The minimum Gasteiger partial charge on any atom is -0.330 e. The van der Waals surface area contributed by atoms with Crippen LogP contribution in [-0.4, -0.2) is 26.3 Å². The summed E-state index contributed by atoms with van der Waals surface area (Å²) in [6, 6.07) is 9.65. The number of benzene rings is 1. The molecule has 0 saturated carbocycles. The number of hydrogen-bond acceptors (Lipinski definition) is 5. The highest BCUT2D eigenvalue weighted by Crippen LogP contribution is 2.14. The predicted octanol–water partition coefficient (Wildman–Crippen LogP) is 1.05. The summed E-state index contributed by atoms with van der Waals surface area (Å²) < 4.78 is 0. The quantitative estimate of drug-likeness (QED) is 0.498. The fourth-order valence-electron chi connectivity index (χ4n) is 1.20. The van der Waals surface area contributed by atoms with Gasteiger partial charge in [0, 0.05) is 0 Å². The van der Waals surface area contributed by atoms with Gasteiger partial charge in [0.05, 0.1) is 18.9 Å². The molecule has 0 aromatic heterocycles. The second-order valence-electron chi connectivity index (χ2n) is 3.54. The van der Waals surface area contributed by atoms with Gasteiger partial charge in [-0.3, -0.25) is 0 Å². The minimum absolute atomic E-state index is 0.536. The lowest BCUT2D eigenvalue weighted by atomic mass is 10.3. The number of para-hydroxylation sites is 1. The summed E-state index contributed by atoms with van der Waals surface area (Å²) in [5.41, 5.74) is 11.7. The maximum absolute atomic E-state index is 5.51. The van der Waals surface area contributed by atoms with Crippen molar-refractivity contribution in [3.63, 3.8) is 0 Å². The molecule has 5 nitrogen and oxygen atoms in total. The first-order chi connectivity index (χ1) is 8.38. The van der Waals surface area contributed by atoms with Crippen molar-refractivity contribution in [1.29, 1.82) is 0 Å². The van der Waals surface area contributed by atoms with Gasteiger partial charge in [0.2, 0.25) is 0 Å². The van der Waals surface area contributed by atoms with Crippen molar-refractivity contribution in [3.05, 3.63) is 30.3 Å². The summed E-state index contributed by atoms with van der Waals surface area (Å²) in [5, 5.41) is 1.44. The lowest BCUT2D eigenvalue weighted by molar-refractivity contribution is -0.0900. The van der Waals surface area contributed by atoms with E-state index in [1.807, 2.05) is 30.3 Å². The van der Waals surface area contributed by atoms with Crippen LogP contribution in [0, 0.1) is 0 Å². The molecule has 0 spiro atoms. The zero-order valence-electron chi connectivity index (χ0n) is 10.0. The summed E-state index contributed by atoms with van der Waals surface area (Å²) in [7, 11) is 0. The van der Waals surface area contributed by atoms with Gasteiger partial charge in [0.15, 0.2) is 0 Å². The van der Waals surface area contributed by atoms with Crippen molar-refractivity contribution in [2.75, 3.05) is 31.5 Å². The summed E-state index contributed by atoms with van der Waals surface area (Å²) in [4.78, 5) is 11.0. The van der Waals surface area contributed by atoms with Gasteiger partial charge >= 0.3 is 0 Å². The van der Waals surface area contributed by atoms with Crippen LogP contribution in [0.25, 0.3) is 0 Å². The van der Waals surface area contributed by atoms with Crippen LogP contribution in [0.3, 0.4) is 0 Å². The fourth-order valence-corrected chi connectivity index (χ4v) is 1.20. The van der Waals surface area contributed by atoms with E-state index >= 15 is 0 Å². The highest BCUT2D eigenvalue weighted by atomic mass is 16.9. The van der Waals surface area contributed by atoms with Crippen LogP contribution < -0.4 is 16.7 Å². The highest BCUT2D eigenvalue weighted by molar-refractivity contribution is 5.40. The standard InChI is InChI=1S/C12H21N3O2/c13-8-4-10-16-15(17-11-5-9-14)12-6-2-1-3-7-12/h1-3,6-7H,4-5,8-11,13-14H2. The third-order valence-electron chi connectivity index (χ3n) is 2.08. The van der Waals surface area contributed by atoms with Gasteiger partial charge in [0.25, 0.3) is 0 Å². The SMILES string of the molecule is NCCCON(OCCCN)c1ccccc1. The zero-order chi connectivity index (χ0) is 12.3. The van der Waals surface area contributed by atoms with Gasteiger partial charge in [-0.2, -0.15) is 0 Å². The van der Waals surface area contributed by atoms with E-state index in [9.17, 15) is 0 Å². The molecule has 0 saturated heterocycles. The van der Waals surface area contributed by atoms with E-state index in [4.69, 9.17) is 21.1 Å². The van der Waals surface area contributed by atoms with Gasteiger partial charge < -0.3 is 11.5 Å². The first kappa shape index (κ1) is 13.9. The molecule has 4 N–H and O–H groups in total. The summed E-state index contributed by atoms with van der Waals surface area (Å²) >= 11 is 0. The lowest BCUT2D eigenvalue weighted by Gasteiger charge is -2.22. The fraction of sp³-hybridized carbons (Fsp3) is 0.500. The van der Waals surface area contributed by atoms with Crippen molar-refractivity contribution >= 4 is 5.69 Å². The first-order valence-electron chi connectivity index (χ1n) is 5.89. The van der Waals surface area contributed by atoms with Crippen molar-refractivity contribution in [3.8, 4) is 0 Å². The maximum Gasteiger partial charge on any atom is 0.0947 e. The smallest absolute Gasteiger partial charge is 0.0947 e. The molecule has 0 unspecified atom stereocenters. The molecule has 1 aromatic rings. The van der Waals surface area contributed by atoms with E-state index in [1.165, 1.54) is 5.23 Å². The zero-order valence-corrected chi connectivity index (χ0v) is 10.0. The second-order valence-corrected chi connectivity index (χ2v) is 3.54. The van der Waals surface area contributed by atoms with E-state index in [2.05, 4.69) is 0 Å². The van der Waals surface area contributed by atoms with Crippen LogP contribution in [0.5, 0.6) is 0 Å². The molecule has 96 valence electrons. The molecule has 1 aromatic carbocycles. The molecule has 0 aliphatic rings. The van der Waals surface area contributed by atoms with Gasteiger partial charge in [0.1, 0.15) is 0 Å². The van der Waals surface area contributed by atoms with Gasteiger partial charge in [-0.15, -0.1) is 5.23 Å². The third-order valence-corrected chi connectivity index (χ3v) is 2.08. The summed E-state index contributed by atoms with van der Waals surface area (Å²) in [5.74, 6) is 0. The topological polar surface area (TPSA) is 73.7 Å². The molecule has 5 heteroatoms. The largest absolute Gasteiger partial charge is 0.330 e. The minimum atomic E-state index is 0.536. The Hall–Kier alpha value is -1.14. The number of nitrogens with two attached hydrogens (primary N) is 2. The lowest BCUT2D eigenvalue weighted by Crippen LogP contribution is -2.26. The van der Waals surface area contributed by atoms with Gasteiger partial charge in [-0.1, -0.05) is 18.2 Å². The molecule has 0 bridgehead atoms. The number of anilines is 1. The number of nitrogens with zero attached hydrogens (tertiary/aromatic N) is 1. The Morgan fingerprint density at radius 1 is 0.882 bits per heavy atom. The van der Waals surface area contributed by atoms with Crippen LogP contribution in [0.2, 0.25) is 0 Å². The Balaban J connectivity index is 2.46. The number of rotatable bonds is 9. The number of hydrogen-bond donors (Lipinski definition) is 2. The molecule has 0 atom stereocenters. The van der Waals surface area contributed by atoms with Gasteiger partial charge in [-0.25, -0.2) is 9.68 Å². The Bertz CT molecular complexity index is 272. The molecule has 0 aliphatic heterocycles. The van der Waals surface area contributed by atoms with E-state index < -0.39 is 0 Å². The molecule has 0 radical (unpaired) electrons. The third kappa shape index (κ3) is 5.65. The van der Waals surface area contributed by atoms with Crippen LogP contribution >= 0.6 is 0 Å². The Labute approximate surface area is 102 Å². The van der Waals surface area contributed by atoms with E-state index in [-0.39, 0.29) is 0 Å². The van der Waals surface area contributed by atoms with E-state index in [0.29, 0.717) is 26.3 Å².